The van der Waals surface area contributed by atoms with Crippen LogP contribution in [0.5, 0.6) is 11.5 Å². The molecular formula is C19H14O5. The fourth-order valence-electron chi connectivity index (χ4n) is 2.21. The SMILES string of the molecule is C=C(C)C(=O)Oc1ccc2oc(-c3ccccc3)c(O)c(=O)c2c1. The Kier molecular flexibility index (Phi) is 3.92. The van der Waals surface area contributed by atoms with Crippen molar-refractivity contribution in [1.82, 2.24) is 0 Å². The molecule has 0 fully saturated rings. The smallest absolute Gasteiger partial charge is 0.338 e. The Morgan fingerprint density at radius 3 is 2.54 bits per heavy atom. The summed E-state index contributed by atoms with van der Waals surface area (Å²) in [6.07, 6.45) is 0. The number of ether oxygens (including phenoxy) is 1. The number of hydrogen-bond donors (Lipinski definition) is 1. The first-order chi connectivity index (χ1) is 11.5. The van der Waals surface area contributed by atoms with E-state index in [9.17, 15) is 14.7 Å². The quantitative estimate of drug-likeness (QED) is 0.452. The summed E-state index contributed by atoms with van der Waals surface area (Å²) < 4.78 is 10.8. The molecule has 24 heavy (non-hydrogen) atoms. The summed E-state index contributed by atoms with van der Waals surface area (Å²) in [5.74, 6) is -0.810. The zero-order valence-electron chi connectivity index (χ0n) is 12.9. The van der Waals surface area contributed by atoms with Gasteiger partial charge >= 0.3 is 5.97 Å². The predicted octanol–water partition coefficient (Wildman–Crippen LogP) is 3.65. The van der Waals surface area contributed by atoms with Crippen molar-refractivity contribution < 1.29 is 19.1 Å². The van der Waals surface area contributed by atoms with E-state index in [0.29, 0.717) is 5.56 Å². The lowest BCUT2D eigenvalue weighted by Crippen LogP contribution is -2.09. The Morgan fingerprint density at radius 2 is 1.88 bits per heavy atom. The van der Waals surface area contributed by atoms with Crippen LogP contribution in [0, 0.1) is 0 Å². The van der Waals surface area contributed by atoms with Gasteiger partial charge in [0, 0.05) is 11.1 Å². The van der Waals surface area contributed by atoms with Gasteiger partial charge in [-0.3, -0.25) is 4.79 Å². The van der Waals surface area contributed by atoms with E-state index in [1.54, 1.807) is 24.3 Å². The molecule has 0 radical (unpaired) electrons. The number of esters is 1. The van der Waals surface area contributed by atoms with Crippen molar-refractivity contribution in [3.8, 4) is 22.8 Å². The standard InChI is InChI=1S/C19H14O5/c1-11(2)19(22)23-13-8-9-15-14(10-13)16(20)17(21)18(24-15)12-6-4-3-5-7-12/h3-10,21H,1H2,2H3. The van der Waals surface area contributed by atoms with Gasteiger partial charge in [0.15, 0.2) is 5.76 Å². The summed E-state index contributed by atoms with van der Waals surface area (Å²) in [6.45, 7) is 5.02. The summed E-state index contributed by atoms with van der Waals surface area (Å²) in [6, 6.07) is 13.2. The molecule has 5 nitrogen and oxygen atoms in total. The number of rotatable bonds is 3. The number of aromatic hydroxyl groups is 1. The fourth-order valence-corrected chi connectivity index (χ4v) is 2.21. The van der Waals surface area contributed by atoms with E-state index in [0.717, 1.165) is 0 Å². The van der Waals surface area contributed by atoms with Crippen molar-refractivity contribution in [3.63, 3.8) is 0 Å². The summed E-state index contributed by atoms with van der Waals surface area (Å²) in [7, 11) is 0. The lowest BCUT2D eigenvalue weighted by atomic mass is 10.1. The minimum atomic E-state index is -0.594. The monoisotopic (exact) mass is 322 g/mol. The van der Waals surface area contributed by atoms with Crippen LogP contribution < -0.4 is 10.2 Å². The van der Waals surface area contributed by atoms with Crippen molar-refractivity contribution in [1.29, 1.82) is 0 Å². The first-order valence-corrected chi connectivity index (χ1v) is 7.20. The molecule has 0 aliphatic carbocycles. The van der Waals surface area contributed by atoms with Crippen LogP contribution in [0.1, 0.15) is 6.92 Å². The van der Waals surface area contributed by atoms with E-state index in [-0.39, 0.29) is 28.1 Å². The maximum absolute atomic E-state index is 12.4. The van der Waals surface area contributed by atoms with Crippen molar-refractivity contribution in [2.75, 3.05) is 0 Å². The molecule has 0 bridgehead atoms. The zero-order valence-corrected chi connectivity index (χ0v) is 12.9. The van der Waals surface area contributed by atoms with Crippen LogP contribution in [0.15, 0.2) is 69.9 Å². The minimum Gasteiger partial charge on any atom is -0.502 e. The topological polar surface area (TPSA) is 76.7 Å². The predicted molar refractivity (Wildman–Crippen MR) is 90.0 cm³/mol. The number of benzene rings is 2. The van der Waals surface area contributed by atoms with Crippen LogP contribution in [0.4, 0.5) is 0 Å². The lowest BCUT2D eigenvalue weighted by Gasteiger charge is -2.08. The Morgan fingerprint density at radius 1 is 1.17 bits per heavy atom. The fraction of sp³-hybridized carbons (Fsp3) is 0.0526. The third-order valence-electron chi connectivity index (χ3n) is 3.43. The van der Waals surface area contributed by atoms with Crippen molar-refractivity contribution in [2.45, 2.75) is 6.92 Å². The normalized spacial score (nSPS) is 10.5. The Balaban J connectivity index is 2.13. The van der Waals surface area contributed by atoms with Gasteiger partial charge in [-0.2, -0.15) is 0 Å². The molecule has 2 aromatic carbocycles. The molecule has 1 aromatic heterocycles. The number of carbonyl (C=O) groups excluding carboxylic acids is 1. The maximum atomic E-state index is 12.4. The van der Waals surface area contributed by atoms with Crippen LogP contribution in [0.3, 0.4) is 0 Å². The molecule has 3 rings (SSSR count). The van der Waals surface area contributed by atoms with E-state index in [2.05, 4.69) is 6.58 Å². The van der Waals surface area contributed by atoms with E-state index in [1.165, 1.54) is 25.1 Å². The second-order valence-corrected chi connectivity index (χ2v) is 5.30. The van der Waals surface area contributed by atoms with Gasteiger partial charge in [-0.05, 0) is 25.1 Å². The van der Waals surface area contributed by atoms with Crippen LogP contribution in [-0.4, -0.2) is 11.1 Å². The van der Waals surface area contributed by atoms with Gasteiger partial charge in [0.25, 0.3) is 0 Å². The highest BCUT2D eigenvalue weighted by atomic mass is 16.5. The van der Waals surface area contributed by atoms with Gasteiger partial charge in [-0.15, -0.1) is 0 Å². The second kappa shape index (κ2) is 6.04. The molecule has 1 heterocycles. The highest BCUT2D eigenvalue weighted by Gasteiger charge is 2.16. The van der Waals surface area contributed by atoms with Crippen molar-refractivity contribution in [2.24, 2.45) is 0 Å². The second-order valence-electron chi connectivity index (χ2n) is 5.30. The van der Waals surface area contributed by atoms with Gasteiger partial charge in [-0.25, -0.2) is 4.79 Å². The number of fused-ring (bicyclic) bond motifs is 1. The van der Waals surface area contributed by atoms with E-state index in [1.807, 2.05) is 6.07 Å². The molecule has 0 saturated heterocycles. The average Bonchev–Trinajstić information content (AvgIpc) is 2.59. The molecule has 1 N–H and O–H groups in total. The average molecular weight is 322 g/mol. The molecule has 5 heteroatoms. The number of hydrogen-bond acceptors (Lipinski definition) is 5. The van der Waals surface area contributed by atoms with E-state index < -0.39 is 17.1 Å². The van der Waals surface area contributed by atoms with E-state index >= 15 is 0 Å². The first kappa shape index (κ1) is 15.6. The van der Waals surface area contributed by atoms with Gasteiger partial charge in [0.1, 0.15) is 11.3 Å². The summed E-state index contributed by atoms with van der Waals surface area (Å²) >= 11 is 0. The highest BCUT2D eigenvalue weighted by molar-refractivity contribution is 5.90. The first-order valence-electron chi connectivity index (χ1n) is 7.20. The molecule has 0 spiro atoms. The van der Waals surface area contributed by atoms with Gasteiger partial charge < -0.3 is 14.3 Å². The molecule has 120 valence electrons. The van der Waals surface area contributed by atoms with Crippen molar-refractivity contribution >= 4 is 16.9 Å². The third-order valence-corrected chi connectivity index (χ3v) is 3.43. The van der Waals surface area contributed by atoms with Gasteiger partial charge in [0.05, 0.1) is 5.39 Å². The lowest BCUT2D eigenvalue weighted by molar-refractivity contribution is -0.130. The molecule has 0 aliphatic rings. The minimum absolute atomic E-state index is 0.0970. The Bertz CT molecular complexity index is 999. The Labute approximate surface area is 137 Å². The summed E-state index contributed by atoms with van der Waals surface area (Å²) in [5.41, 5.74) is 0.520. The summed E-state index contributed by atoms with van der Waals surface area (Å²) in [4.78, 5) is 24.0. The Hall–Kier alpha value is -3.34. The molecule has 0 atom stereocenters. The maximum Gasteiger partial charge on any atom is 0.338 e. The zero-order chi connectivity index (χ0) is 17.3. The van der Waals surface area contributed by atoms with Gasteiger partial charge in [-0.1, -0.05) is 36.9 Å². The molecule has 3 aromatic rings. The van der Waals surface area contributed by atoms with Crippen LogP contribution in [0.25, 0.3) is 22.3 Å². The molecule has 0 amide bonds. The number of carbonyl (C=O) groups is 1. The third kappa shape index (κ3) is 2.79. The molecule has 0 unspecified atom stereocenters. The van der Waals surface area contributed by atoms with Gasteiger partial charge in [0.2, 0.25) is 11.2 Å². The molecule has 0 saturated carbocycles. The summed E-state index contributed by atoms with van der Waals surface area (Å²) in [5, 5.41) is 10.3. The highest BCUT2D eigenvalue weighted by Crippen LogP contribution is 2.31. The van der Waals surface area contributed by atoms with Crippen LogP contribution in [-0.2, 0) is 4.79 Å². The largest absolute Gasteiger partial charge is 0.502 e. The van der Waals surface area contributed by atoms with Crippen molar-refractivity contribution in [3.05, 3.63) is 70.9 Å². The molecule has 0 aliphatic heterocycles. The molecular weight excluding hydrogens is 308 g/mol. The van der Waals surface area contributed by atoms with E-state index in [4.69, 9.17) is 9.15 Å². The van der Waals surface area contributed by atoms with Crippen LogP contribution in [0.2, 0.25) is 0 Å². The van der Waals surface area contributed by atoms with Crippen LogP contribution >= 0.6 is 0 Å².